The summed E-state index contributed by atoms with van der Waals surface area (Å²) >= 11 is 5.81. The average Bonchev–Trinajstić information content (AvgIpc) is 2.49. The summed E-state index contributed by atoms with van der Waals surface area (Å²) in [5.74, 6) is 0.00502. The summed E-state index contributed by atoms with van der Waals surface area (Å²) in [5.41, 5.74) is 5.43. The molecule has 6 heteroatoms. The van der Waals surface area contributed by atoms with E-state index in [0.717, 1.165) is 10.8 Å². The maximum atomic E-state index is 11.4. The first kappa shape index (κ1) is 13.3. The fraction of sp³-hybridized carbons (Fsp3) is 0. The van der Waals surface area contributed by atoms with Crippen molar-refractivity contribution in [1.29, 1.82) is 0 Å². The van der Waals surface area contributed by atoms with Crippen molar-refractivity contribution in [2.75, 3.05) is 0 Å². The average molecular weight is 300 g/mol. The number of hydrogen-bond acceptors (Lipinski definition) is 4. The molecule has 0 aliphatic heterocycles. The molecule has 0 spiro atoms. The van der Waals surface area contributed by atoms with Crippen molar-refractivity contribution in [2.24, 2.45) is 5.73 Å². The van der Waals surface area contributed by atoms with E-state index in [9.17, 15) is 4.79 Å². The fourth-order valence-corrected chi connectivity index (χ4v) is 2.08. The van der Waals surface area contributed by atoms with Crippen LogP contribution in [-0.2, 0) is 0 Å². The summed E-state index contributed by atoms with van der Waals surface area (Å²) in [7, 11) is 0. The van der Waals surface area contributed by atoms with Gasteiger partial charge in [-0.25, -0.2) is 4.98 Å². The number of nitrogens with two attached hydrogens (primary N) is 1. The summed E-state index contributed by atoms with van der Waals surface area (Å²) in [6.07, 6.45) is 4.84. The van der Waals surface area contributed by atoms with E-state index in [-0.39, 0.29) is 11.4 Å². The molecule has 0 unspecified atom stereocenters. The highest BCUT2D eigenvalue weighted by Crippen LogP contribution is 2.27. The molecule has 2 N–H and O–H groups in total. The lowest BCUT2D eigenvalue weighted by atomic mass is 10.2. The summed E-state index contributed by atoms with van der Waals surface area (Å²) in [5, 5.41) is 2.28. The maximum absolute atomic E-state index is 11.4. The molecule has 3 rings (SSSR count). The molecule has 3 aromatic rings. The lowest BCUT2D eigenvalue weighted by molar-refractivity contribution is 0.0997. The van der Waals surface area contributed by atoms with Crippen molar-refractivity contribution < 1.29 is 9.53 Å². The molecule has 0 bridgehead atoms. The summed E-state index contributed by atoms with van der Waals surface area (Å²) < 4.78 is 5.64. The van der Waals surface area contributed by atoms with Crippen molar-refractivity contribution in [3.63, 3.8) is 0 Å². The Labute approximate surface area is 125 Å². The number of primary amides is 1. The second-order valence-electron chi connectivity index (χ2n) is 4.36. The Kier molecular flexibility index (Phi) is 3.41. The van der Waals surface area contributed by atoms with Gasteiger partial charge in [-0.15, -0.1) is 0 Å². The zero-order chi connectivity index (χ0) is 14.8. The van der Waals surface area contributed by atoms with Crippen LogP contribution in [0.15, 0.2) is 48.9 Å². The number of carbonyl (C=O) groups is 1. The number of halogens is 1. The molecule has 0 aliphatic rings. The first-order valence-electron chi connectivity index (χ1n) is 6.10. The number of hydrogen-bond donors (Lipinski definition) is 1. The number of rotatable bonds is 3. The first-order valence-corrected chi connectivity index (χ1v) is 6.48. The lowest BCUT2D eigenvalue weighted by Gasteiger charge is -2.09. The molecule has 0 fully saturated rings. The maximum Gasteiger partial charge on any atom is 0.254 e. The van der Waals surface area contributed by atoms with Crippen molar-refractivity contribution in [1.82, 2.24) is 9.97 Å². The van der Waals surface area contributed by atoms with Gasteiger partial charge in [0.25, 0.3) is 5.91 Å². The van der Waals surface area contributed by atoms with Crippen LogP contribution in [0, 0.1) is 0 Å². The van der Waals surface area contributed by atoms with Crippen LogP contribution in [-0.4, -0.2) is 15.9 Å². The van der Waals surface area contributed by atoms with Crippen LogP contribution in [0.25, 0.3) is 10.8 Å². The van der Waals surface area contributed by atoms with Crippen LogP contribution in [0.3, 0.4) is 0 Å². The molecular formula is C15H10ClN3O2. The Morgan fingerprint density at radius 2 is 2.00 bits per heavy atom. The normalized spacial score (nSPS) is 10.5. The number of nitrogens with zero attached hydrogens (tertiary/aromatic N) is 2. The molecule has 0 atom stereocenters. The van der Waals surface area contributed by atoms with Gasteiger partial charge < -0.3 is 10.5 Å². The van der Waals surface area contributed by atoms with Crippen LogP contribution in [0.4, 0.5) is 0 Å². The summed E-state index contributed by atoms with van der Waals surface area (Å²) in [4.78, 5) is 19.5. The van der Waals surface area contributed by atoms with E-state index in [1.165, 1.54) is 12.3 Å². The Balaban J connectivity index is 2.00. The predicted molar refractivity (Wildman–Crippen MR) is 79.6 cm³/mol. The van der Waals surface area contributed by atoms with Gasteiger partial charge in [0.15, 0.2) is 0 Å². The molecule has 0 saturated heterocycles. The molecule has 0 saturated carbocycles. The van der Waals surface area contributed by atoms with Gasteiger partial charge in [-0.1, -0.05) is 17.7 Å². The second kappa shape index (κ2) is 5.38. The smallest absolute Gasteiger partial charge is 0.254 e. The zero-order valence-corrected chi connectivity index (χ0v) is 11.5. The number of benzene rings is 1. The quantitative estimate of drug-likeness (QED) is 0.805. The summed E-state index contributed by atoms with van der Waals surface area (Å²) in [6, 6.07) is 8.81. The number of aromatic nitrogens is 2. The van der Waals surface area contributed by atoms with Crippen molar-refractivity contribution in [3.05, 3.63) is 59.5 Å². The van der Waals surface area contributed by atoms with Crippen molar-refractivity contribution in [3.8, 4) is 11.6 Å². The van der Waals surface area contributed by atoms with Gasteiger partial charge in [-0.2, -0.15) is 0 Å². The third-order valence-corrected chi connectivity index (χ3v) is 3.12. The highest BCUT2D eigenvalue weighted by molar-refractivity contribution is 6.30. The standard InChI is InChI=1S/C15H10ClN3O2/c16-11-6-13(14(17)20)15(19-8-11)21-12-2-1-9-3-4-18-7-10(9)5-12/h1-8H,(H2,17,20). The predicted octanol–water partition coefficient (Wildman–Crippen LogP) is 3.17. The van der Waals surface area contributed by atoms with Crippen LogP contribution < -0.4 is 10.5 Å². The first-order chi connectivity index (χ1) is 10.1. The topological polar surface area (TPSA) is 78.1 Å². The van der Waals surface area contributed by atoms with Crippen molar-refractivity contribution in [2.45, 2.75) is 0 Å². The van der Waals surface area contributed by atoms with E-state index in [2.05, 4.69) is 9.97 Å². The van der Waals surface area contributed by atoms with Crippen LogP contribution >= 0.6 is 11.6 Å². The van der Waals surface area contributed by atoms with E-state index in [1.54, 1.807) is 18.5 Å². The monoisotopic (exact) mass is 299 g/mol. The minimum atomic E-state index is -0.651. The fourth-order valence-electron chi connectivity index (χ4n) is 1.92. The van der Waals surface area contributed by atoms with Gasteiger partial charge in [0.2, 0.25) is 5.88 Å². The number of pyridine rings is 2. The number of carbonyl (C=O) groups excluding carboxylic acids is 1. The van der Waals surface area contributed by atoms with E-state index < -0.39 is 5.91 Å². The number of fused-ring (bicyclic) bond motifs is 1. The lowest BCUT2D eigenvalue weighted by Crippen LogP contribution is -2.13. The minimum absolute atomic E-state index is 0.121. The molecule has 5 nitrogen and oxygen atoms in total. The Bertz CT molecular complexity index is 836. The largest absolute Gasteiger partial charge is 0.438 e. The van der Waals surface area contributed by atoms with Crippen LogP contribution in [0.2, 0.25) is 5.02 Å². The van der Waals surface area contributed by atoms with E-state index in [4.69, 9.17) is 22.1 Å². The molecule has 2 aromatic heterocycles. The number of amides is 1. The van der Waals surface area contributed by atoms with E-state index >= 15 is 0 Å². The highest BCUT2D eigenvalue weighted by Gasteiger charge is 2.13. The SMILES string of the molecule is NC(=O)c1cc(Cl)cnc1Oc1ccc2ccncc2c1. The van der Waals surface area contributed by atoms with Crippen LogP contribution in [0.1, 0.15) is 10.4 Å². The van der Waals surface area contributed by atoms with Gasteiger partial charge in [0.1, 0.15) is 11.3 Å². The molecular weight excluding hydrogens is 290 g/mol. The minimum Gasteiger partial charge on any atom is -0.438 e. The van der Waals surface area contributed by atoms with Crippen LogP contribution in [0.5, 0.6) is 11.6 Å². The molecule has 0 aliphatic carbocycles. The molecule has 104 valence electrons. The van der Waals surface area contributed by atoms with Crippen molar-refractivity contribution >= 4 is 28.3 Å². The number of ether oxygens (including phenoxy) is 1. The molecule has 2 heterocycles. The van der Waals surface area contributed by atoms with Gasteiger partial charge in [-0.05, 0) is 29.7 Å². The van der Waals surface area contributed by atoms with E-state index in [0.29, 0.717) is 10.8 Å². The Morgan fingerprint density at radius 1 is 1.14 bits per heavy atom. The molecule has 21 heavy (non-hydrogen) atoms. The molecule has 1 amide bonds. The third kappa shape index (κ3) is 2.78. The van der Waals surface area contributed by atoms with Gasteiger partial charge in [0, 0.05) is 24.0 Å². The Morgan fingerprint density at radius 3 is 2.81 bits per heavy atom. The summed E-state index contributed by atoms with van der Waals surface area (Å²) in [6.45, 7) is 0. The van der Waals surface area contributed by atoms with Gasteiger partial charge >= 0.3 is 0 Å². The second-order valence-corrected chi connectivity index (χ2v) is 4.79. The van der Waals surface area contributed by atoms with Gasteiger partial charge in [0.05, 0.1) is 5.02 Å². The van der Waals surface area contributed by atoms with E-state index in [1.807, 2.05) is 18.2 Å². The van der Waals surface area contributed by atoms with Gasteiger partial charge in [-0.3, -0.25) is 9.78 Å². The highest BCUT2D eigenvalue weighted by atomic mass is 35.5. The Hall–Kier alpha value is -2.66. The third-order valence-electron chi connectivity index (χ3n) is 2.91. The molecule has 1 aromatic carbocycles. The zero-order valence-electron chi connectivity index (χ0n) is 10.8. The molecule has 0 radical (unpaired) electrons.